The van der Waals surface area contributed by atoms with Gasteiger partial charge in [-0.3, -0.25) is 4.79 Å². The van der Waals surface area contributed by atoms with E-state index in [9.17, 15) is 27.6 Å². The molecule has 2 aromatic rings. The minimum Gasteiger partial charge on any atom is -0.811 e. The standard InChI is InChI=1S/C9H13N4O6PS.2Na/c14-9-7-8(10-5-11-9)13(6-12-7)1-3-21(18,19)4-2-20(15,16)17;;/h5-6H,1-4H2,(H,10,11,14)(H2,15,16,17);;/q;2*+1/p-2. The van der Waals surface area contributed by atoms with Gasteiger partial charge in [-0.2, -0.15) is 0 Å². The Morgan fingerprint density at radius 1 is 1.22 bits per heavy atom. The van der Waals surface area contributed by atoms with Crippen LogP contribution in [0, 0.1) is 0 Å². The van der Waals surface area contributed by atoms with Gasteiger partial charge in [-0.25, -0.2) is 18.4 Å². The number of nitrogens with zero attached hydrogens (tertiary/aromatic N) is 3. The first-order valence-corrected chi connectivity index (χ1v) is 9.33. The maximum absolute atomic E-state index is 11.7. The van der Waals surface area contributed by atoms with Crippen LogP contribution in [0.3, 0.4) is 0 Å². The molecule has 0 aliphatic rings. The molecule has 2 aromatic heterocycles. The van der Waals surface area contributed by atoms with Gasteiger partial charge in [0.1, 0.15) is 0 Å². The number of H-pyrrole nitrogens is 1. The Morgan fingerprint density at radius 3 is 2.48 bits per heavy atom. The molecule has 0 spiro atoms. The van der Waals surface area contributed by atoms with Gasteiger partial charge in [-0.05, 0) is 6.16 Å². The van der Waals surface area contributed by atoms with E-state index in [1.165, 1.54) is 17.2 Å². The molecule has 14 heteroatoms. The van der Waals surface area contributed by atoms with Crippen molar-refractivity contribution in [1.29, 1.82) is 0 Å². The topological polar surface area (TPSA) is 161 Å². The quantitative estimate of drug-likeness (QED) is 0.382. The summed E-state index contributed by atoms with van der Waals surface area (Å²) in [6.07, 6.45) is 1.51. The SMILES string of the molecule is O=c1[nH]cnc2c1ncn2CCS(=O)(=O)CCP(=O)([O-])[O-].[Na+].[Na+]. The van der Waals surface area contributed by atoms with Gasteiger partial charge in [0.25, 0.3) is 5.56 Å². The molecule has 0 bridgehead atoms. The van der Waals surface area contributed by atoms with Crippen molar-refractivity contribution in [1.82, 2.24) is 19.5 Å². The van der Waals surface area contributed by atoms with Crippen LogP contribution in [0.4, 0.5) is 0 Å². The summed E-state index contributed by atoms with van der Waals surface area (Å²) in [7, 11) is -8.55. The molecule has 116 valence electrons. The summed E-state index contributed by atoms with van der Waals surface area (Å²) in [4.78, 5) is 42.4. The molecular formula is C9H11N4Na2O6PS. The maximum Gasteiger partial charge on any atom is 1.00 e. The van der Waals surface area contributed by atoms with Gasteiger partial charge in [0.15, 0.2) is 21.0 Å². The van der Waals surface area contributed by atoms with E-state index in [2.05, 4.69) is 15.0 Å². The zero-order chi connectivity index (χ0) is 15.7. The van der Waals surface area contributed by atoms with Crippen molar-refractivity contribution in [3.63, 3.8) is 0 Å². The van der Waals surface area contributed by atoms with Gasteiger partial charge < -0.3 is 23.9 Å². The Labute approximate surface area is 175 Å². The fourth-order valence-electron chi connectivity index (χ4n) is 1.65. The summed E-state index contributed by atoms with van der Waals surface area (Å²) in [6, 6.07) is 0. The van der Waals surface area contributed by atoms with Gasteiger partial charge in [-0.1, -0.05) is 7.60 Å². The molecule has 0 aliphatic carbocycles. The van der Waals surface area contributed by atoms with Crippen molar-refractivity contribution in [2.24, 2.45) is 0 Å². The minimum absolute atomic E-state index is 0. The number of fused-ring (bicyclic) bond motifs is 1. The summed E-state index contributed by atoms with van der Waals surface area (Å²) < 4.78 is 35.1. The number of imidazole rings is 1. The van der Waals surface area contributed by atoms with Crippen LogP contribution in [-0.2, 0) is 20.9 Å². The second-order valence-electron chi connectivity index (χ2n) is 4.33. The first-order chi connectivity index (χ1) is 9.68. The molecule has 0 amide bonds. The van der Waals surface area contributed by atoms with E-state index in [0.717, 1.165) is 0 Å². The molecule has 0 aromatic carbocycles. The predicted molar refractivity (Wildman–Crippen MR) is 69.3 cm³/mol. The molecule has 2 heterocycles. The number of sulfone groups is 1. The first-order valence-electron chi connectivity index (χ1n) is 5.78. The number of nitrogens with one attached hydrogen (secondary N) is 1. The molecule has 1 N–H and O–H groups in total. The van der Waals surface area contributed by atoms with Crippen molar-refractivity contribution in [2.45, 2.75) is 6.54 Å². The maximum atomic E-state index is 11.7. The molecule has 0 atom stereocenters. The van der Waals surface area contributed by atoms with Crippen LogP contribution in [0.2, 0.25) is 0 Å². The van der Waals surface area contributed by atoms with Crippen molar-refractivity contribution in [3.8, 4) is 0 Å². The molecule has 0 unspecified atom stereocenters. The summed E-state index contributed by atoms with van der Waals surface area (Å²) in [5.41, 5.74) is -0.133. The van der Waals surface area contributed by atoms with Crippen LogP contribution in [0.15, 0.2) is 17.4 Å². The summed E-state index contributed by atoms with van der Waals surface area (Å²) >= 11 is 0. The number of hydrogen-bond donors (Lipinski definition) is 1. The minimum atomic E-state index is -4.85. The van der Waals surface area contributed by atoms with E-state index >= 15 is 0 Å². The Balaban J connectivity index is 0.00000242. The third-order valence-electron chi connectivity index (χ3n) is 2.73. The van der Waals surface area contributed by atoms with Crippen LogP contribution >= 0.6 is 7.60 Å². The fraction of sp³-hybridized carbons (Fsp3) is 0.444. The molecule has 10 nitrogen and oxygen atoms in total. The Hall–Kier alpha value is 0.450. The molecule has 0 saturated carbocycles. The summed E-state index contributed by atoms with van der Waals surface area (Å²) in [6.45, 7) is -0.0443. The van der Waals surface area contributed by atoms with Gasteiger partial charge in [0.2, 0.25) is 0 Å². The van der Waals surface area contributed by atoms with E-state index in [0.29, 0.717) is 0 Å². The zero-order valence-electron chi connectivity index (χ0n) is 12.6. The van der Waals surface area contributed by atoms with Crippen molar-refractivity contribution < 1.29 is 81.9 Å². The van der Waals surface area contributed by atoms with Crippen molar-refractivity contribution in [2.75, 3.05) is 17.7 Å². The van der Waals surface area contributed by atoms with Crippen LogP contribution in [-0.4, -0.2) is 45.6 Å². The Kier molecular flexibility index (Phi) is 9.41. The Bertz CT molecular complexity index is 860. The van der Waals surface area contributed by atoms with Crippen LogP contribution in [0.1, 0.15) is 0 Å². The van der Waals surface area contributed by atoms with Crippen LogP contribution in [0.5, 0.6) is 0 Å². The van der Waals surface area contributed by atoms with E-state index in [-0.39, 0.29) is 82.6 Å². The average molecular weight is 380 g/mol. The third kappa shape index (κ3) is 7.07. The molecule has 2 rings (SSSR count). The van der Waals surface area contributed by atoms with Gasteiger partial charge in [0, 0.05) is 6.54 Å². The van der Waals surface area contributed by atoms with Crippen LogP contribution < -0.4 is 74.5 Å². The van der Waals surface area contributed by atoms with Gasteiger partial charge >= 0.3 is 59.1 Å². The second-order valence-corrected chi connectivity index (χ2v) is 8.30. The third-order valence-corrected chi connectivity index (χ3v) is 5.43. The number of aromatic amines is 1. The molecule has 0 fully saturated rings. The first kappa shape index (κ1) is 23.4. The second kappa shape index (κ2) is 9.23. The normalized spacial score (nSPS) is 11.7. The molecular weight excluding hydrogens is 369 g/mol. The van der Waals surface area contributed by atoms with E-state index < -0.39 is 34.9 Å². The van der Waals surface area contributed by atoms with E-state index in [4.69, 9.17) is 0 Å². The van der Waals surface area contributed by atoms with E-state index in [1.807, 2.05) is 0 Å². The summed E-state index contributed by atoms with van der Waals surface area (Å²) in [5.74, 6) is -1.11. The Morgan fingerprint density at radius 2 is 1.87 bits per heavy atom. The average Bonchev–Trinajstić information content (AvgIpc) is 2.78. The van der Waals surface area contributed by atoms with Crippen molar-refractivity contribution >= 4 is 28.6 Å². The van der Waals surface area contributed by atoms with Crippen molar-refractivity contribution in [3.05, 3.63) is 23.0 Å². The smallest absolute Gasteiger partial charge is 0.811 e. The number of aromatic nitrogens is 4. The number of aryl methyl sites for hydroxylation is 1. The largest absolute Gasteiger partial charge is 1.00 e. The molecule has 0 radical (unpaired) electrons. The molecule has 0 aliphatic heterocycles. The predicted octanol–water partition coefficient (Wildman–Crippen LogP) is -8.54. The monoisotopic (exact) mass is 380 g/mol. The van der Waals surface area contributed by atoms with Gasteiger partial charge in [-0.15, -0.1) is 0 Å². The number of hydrogen-bond acceptors (Lipinski definition) is 8. The van der Waals surface area contributed by atoms with E-state index in [1.54, 1.807) is 0 Å². The zero-order valence-corrected chi connectivity index (χ0v) is 18.3. The van der Waals surface area contributed by atoms with Gasteiger partial charge in [0.05, 0.1) is 24.2 Å². The fourth-order valence-corrected chi connectivity index (χ4v) is 4.33. The summed E-state index contributed by atoms with van der Waals surface area (Å²) in [5, 5.41) is 0. The molecule has 0 saturated heterocycles. The number of rotatable bonds is 6. The molecule has 23 heavy (non-hydrogen) atoms. The van der Waals surface area contributed by atoms with Crippen LogP contribution in [0.25, 0.3) is 11.2 Å².